The van der Waals surface area contributed by atoms with Crippen LogP contribution in [0.4, 0.5) is 0 Å². The van der Waals surface area contributed by atoms with Gasteiger partial charge in [0.05, 0.1) is 8.07 Å². The molecule has 0 radical (unpaired) electrons. The maximum atomic E-state index is 5.96. The average molecular weight is 422 g/mol. The van der Waals surface area contributed by atoms with Crippen molar-refractivity contribution in [2.45, 2.75) is 97.2 Å². The minimum Gasteiger partial charge on any atom is -0.115 e. The Morgan fingerprint density at radius 2 is 1.52 bits per heavy atom. The summed E-state index contributed by atoms with van der Waals surface area (Å²) in [5.74, 6) is 3.01. The third kappa shape index (κ3) is 4.61. The summed E-state index contributed by atoms with van der Waals surface area (Å²) in [6.07, 6.45) is 12.2. The van der Waals surface area contributed by atoms with E-state index in [0.29, 0.717) is 16.6 Å². The van der Waals surface area contributed by atoms with Crippen molar-refractivity contribution in [3.05, 3.63) is 27.7 Å². The summed E-state index contributed by atoms with van der Waals surface area (Å²) in [5.41, 5.74) is 4.50. The second-order valence-electron chi connectivity index (χ2n) is 8.31. The normalized spacial score (nSPS) is 12.2. The number of hydrogen-bond donors (Lipinski definition) is 0. The SMILES string of the molecule is C#Cc1c(CCCCCC)ccc([Si](C(C)C)(C(C)C)C(C)C)c1Br. The van der Waals surface area contributed by atoms with Crippen LogP contribution in [0.2, 0.25) is 16.6 Å². The van der Waals surface area contributed by atoms with Crippen LogP contribution in [0, 0.1) is 12.3 Å². The van der Waals surface area contributed by atoms with Crippen molar-refractivity contribution in [2.75, 3.05) is 0 Å². The van der Waals surface area contributed by atoms with Gasteiger partial charge in [-0.15, -0.1) is 6.42 Å². The van der Waals surface area contributed by atoms with Crippen molar-refractivity contribution in [1.82, 2.24) is 0 Å². The highest BCUT2D eigenvalue weighted by Crippen LogP contribution is 2.43. The Labute approximate surface area is 166 Å². The molecule has 0 spiro atoms. The second-order valence-corrected chi connectivity index (χ2v) is 15.0. The minimum absolute atomic E-state index is 0.685. The first-order chi connectivity index (χ1) is 11.7. The van der Waals surface area contributed by atoms with Crippen molar-refractivity contribution in [2.24, 2.45) is 0 Å². The molecule has 0 amide bonds. The molecule has 0 heterocycles. The maximum absolute atomic E-state index is 5.96. The molecule has 0 aromatic heterocycles. The van der Waals surface area contributed by atoms with Gasteiger partial charge in [0.15, 0.2) is 0 Å². The zero-order valence-corrected chi connectivity index (χ0v) is 20.0. The van der Waals surface area contributed by atoms with Crippen molar-refractivity contribution in [1.29, 1.82) is 0 Å². The van der Waals surface area contributed by atoms with Crippen LogP contribution in [0.25, 0.3) is 0 Å². The molecule has 0 bridgehead atoms. The van der Waals surface area contributed by atoms with Gasteiger partial charge in [0.1, 0.15) is 0 Å². The zero-order valence-electron chi connectivity index (χ0n) is 17.4. The highest BCUT2D eigenvalue weighted by atomic mass is 79.9. The van der Waals surface area contributed by atoms with Gasteiger partial charge in [0.2, 0.25) is 0 Å². The summed E-state index contributed by atoms with van der Waals surface area (Å²) in [6, 6.07) is 4.74. The van der Waals surface area contributed by atoms with E-state index in [1.54, 1.807) is 0 Å². The Hall–Kier alpha value is -0.523. The summed E-state index contributed by atoms with van der Waals surface area (Å²) in [4.78, 5) is 0. The Bertz CT molecular complexity index is 571. The summed E-state index contributed by atoms with van der Waals surface area (Å²) in [6.45, 7) is 16.7. The zero-order chi connectivity index (χ0) is 19.2. The molecule has 0 unspecified atom stereocenters. The molecule has 0 nitrogen and oxygen atoms in total. The smallest absolute Gasteiger partial charge is 0.0957 e. The quantitative estimate of drug-likeness (QED) is 0.221. The van der Waals surface area contributed by atoms with Crippen LogP contribution in [0.3, 0.4) is 0 Å². The van der Waals surface area contributed by atoms with E-state index in [1.807, 2.05) is 0 Å². The minimum atomic E-state index is -1.71. The fourth-order valence-electron chi connectivity index (χ4n) is 4.99. The summed E-state index contributed by atoms with van der Waals surface area (Å²) < 4.78 is 1.21. The molecule has 0 aliphatic rings. The molecule has 0 fully saturated rings. The molecule has 1 aromatic carbocycles. The lowest BCUT2D eigenvalue weighted by Crippen LogP contribution is -2.56. The maximum Gasteiger partial charge on any atom is 0.0957 e. The van der Waals surface area contributed by atoms with Crippen LogP contribution in [-0.2, 0) is 6.42 Å². The van der Waals surface area contributed by atoms with Crippen molar-refractivity contribution in [3.8, 4) is 12.3 Å². The first-order valence-corrected chi connectivity index (χ1v) is 13.1. The molecule has 0 atom stereocenters. The largest absolute Gasteiger partial charge is 0.115 e. The van der Waals surface area contributed by atoms with E-state index in [1.165, 1.54) is 40.9 Å². The lowest BCUT2D eigenvalue weighted by molar-refractivity contribution is 0.666. The summed E-state index contributed by atoms with van der Waals surface area (Å²) in [5, 5.41) is 1.53. The van der Waals surface area contributed by atoms with Crippen molar-refractivity contribution >= 4 is 29.2 Å². The fourth-order valence-corrected chi connectivity index (χ4v) is 13.3. The van der Waals surface area contributed by atoms with Gasteiger partial charge in [0.25, 0.3) is 0 Å². The molecule has 0 saturated carbocycles. The molecule has 0 aliphatic heterocycles. The van der Waals surface area contributed by atoms with Gasteiger partial charge >= 0.3 is 0 Å². The van der Waals surface area contributed by atoms with Gasteiger partial charge in [0, 0.05) is 10.0 Å². The molecule has 0 N–H and O–H groups in total. The lowest BCUT2D eigenvalue weighted by atomic mass is 10.0. The van der Waals surface area contributed by atoms with Gasteiger partial charge in [-0.25, -0.2) is 0 Å². The molecule has 0 aliphatic carbocycles. The van der Waals surface area contributed by atoms with Gasteiger partial charge in [-0.1, -0.05) is 85.8 Å². The number of rotatable bonds is 9. The van der Waals surface area contributed by atoms with E-state index in [9.17, 15) is 0 Å². The number of benzene rings is 1. The van der Waals surface area contributed by atoms with Crippen LogP contribution in [0.15, 0.2) is 16.6 Å². The van der Waals surface area contributed by atoms with Crippen LogP contribution in [0.1, 0.15) is 85.3 Å². The predicted molar refractivity (Wildman–Crippen MR) is 121 cm³/mol. The molecular weight excluding hydrogens is 384 g/mol. The third-order valence-electron chi connectivity index (χ3n) is 6.00. The number of hydrogen-bond acceptors (Lipinski definition) is 0. The number of halogens is 1. The van der Waals surface area contributed by atoms with Crippen LogP contribution in [-0.4, -0.2) is 8.07 Å². The Morgan fingerprint density at radius 3 is 1.96 bits per heavy atom. The number of unbranched alkanes of at least 4 members (excludes halogenated alkanes) is 3. The van der Waals surface area contributed by atoms with Crippen LogP contribution in [0.5, 0.6) is 0 Å². The predicted octanol–water partition coefficient (Wildman–Crippen LogP) is 7.44. The standard InChI is InChI=1S/C23H37BrSi/c1-9-11-12-13-14-20-15-16-22(23(24)21(20)10-2)25(17(3)4,18(5)6)19(7)8/h2,15-19H,9,11-14H2,1,3-8H3. The van der Waals surface area contributed by atoms with Crippen LogP contribution >= 0.6 is 15.9 Å². The molecule has 2 heteroatoms. The van der Waals surface area contributed by atoms with Gasteiger partial charge in [-0.05, 0) is 56.1 Å². The molecule has 1 rings (SSSR count). The van der Waals surface area contributed by atoms with E-state index in [2.05, 4.69) is 82.4 Å². The van der Waals surface area contributed by atoms with Crippen LogP contribution < -0.4 is 5.19 Å². The molecular formula is C23H37BrSi. The fraction of sp³-hybridized carbons (Fsp3) is 0.652. The van der Waals surface area contributed by atoms with Gasteiger partial charge in [-0.2, -0.15) is 0 Å². The monoisotopic (exact) mass is 420 g/mol. The number of aryl methyl sites for hydroxylation is 1. The average Bonchev–Trinajstić information content (AvgIpc) is 2.53. The van der Waals surface area contributed by atoms with Gasteiger partial charge < -0.3 is 0 Å². The Morgan fingerprint density at radius 1 is 0.960 bits per heavy atom. The highest BCUT2D eigenvalue weighted by molar-refractivity contribution is 9.10. The third-order valence-corrected chi connectivity index (χ3v) is 14.3. The first kappa shape index (κ1) is 22.5. The van der Waals surface area contributed by atoms with E-state index < -0.39 is 8.07 Å². The number of terminal acetylenes is 1. The van der Waals surface area contributed by atoms with E-state index in [-0.39, 0.29) is 0 Å². The van der Waals surface area contributed by atoms with Gasteiger partial charge in [-0.3, -0.25) is 0 Å². The van der Waals surface area contributed by atoms with E-state index in [0.717, 1.165) is 12.0 Å². The molecule has 0 saturated heterocycles. The second kappa shape index (κ2) is 9.98. The van der Waals surface area contributed by atoms with Crippen molar-refractivity contribution in [3.63, 3.8) is 0 Å². The van der Waals surface area contributed by atoms with E-state index >= 15 is 0 Å². The Kier molecular flexibility index (Phi) is 8.99. The lowest BCUT2D eigenvalue weighted by Gasteiger charge is -2.44. The van der Waals surface area contributed by atoms with Crippen molar-refractivity contribution < 1.29 is 0 Å². The Balaban J connectivity index is 3.40. The summed E-state index contributed by atoms with van der Waals surface area (Å²) in [7, 11) is -1.71. The summed E-state index contributed by atoms with van der Waals surface area (Å²) >= 11 is 3.95. The molecule has 140 valence electrons. The first-order valence-electron chi connectivity index (χ1n) is 10.0. The molecule has 25 heavy (non-hydrogen) atoms. The topological polar surface area (TPSA) is 0 Å². The molecule has 1 aromatic rings. The van der Waals surface area contributed by atoms with E-state index in [4.69, 9.17) is 6.42 Å². The highest BCUT2D eigenvalue weighted by Gasteiger charge is 2.45.